The van der Waals surface area contributed by atoms with Crippen LogP contribution in [0.3, 0.4) is 0 Å². The van der Waals surface area contributed by atoms with Crippen molar-refractivity contribution < 1.29 is 13.2 Å². The van der Waals surface area contributed by atoms with Crippen molar-refractivity contribution in [3.8, 4) is 0 Å². The summed E-state index contributed by atoms with van der Waals surface area (Å²) in [4.78, 5) is 13.4. The first-order valence-electron chi connectivity index (χ1n) is 8.59. The minimum Gasteiger partial charge on any atom is -0.352 e. The van der Waals surface area contributed by atoms with Crippen LogP contribution in [0.2, 0.25) is 5.02 Å². The number of amides is 1. The van der Waals surface area contributed by atoms with Crippen LogP contribution in [0.5, 0.6) is 0 Å². The first-order chi connectivity index (χ1) is 13.5. The monoisotopic (exact) mass is 434 g/mol. The predicted octanol–water partition coefficient (Wildman–Crippen LogP) is 3.85. The van der Waals surface area contributed by atoms with Gasteiger partial charge in [0, 0.05) is 23.5 Å². The molecule has 0 aliphatic rings. The van der Waals surface area contributed by atoms with Gasteiger partial charge in [0.25, 0.3) is 5.91 Å². The third-order valence-corrected chi connectivity index (χ3v) is 6.85. The number of nitrogens with one attached hydrogen (secondary N) is 2. The number of thiophene rings is 1. The Morgan fingerprint density at radius 2 is 1.82 bits per heavy atom. The molecule has 1 aromatic heterocycles. The first kappa shape index (κ1) is 20.5. The molecule has 2 N–H and O–H groups in total. The molecule has 0 radical (unpaired) electrons. The van der Waals surface area contributed by atoms with Crippen molar-refractivity contribution in [2.45, 2.75) is 17.9 Å². The molecular formula is C20H19ClN2O3S2. The Labute approximate surface area is 173 Å². The minimum absolute atomic E-state index is 0.0655. The third kappa shape index (κ3) is 5.42. The lowest BCUT2D eigenvalue weighted by molar-refractivity contribution is 0.0954. The van der Waals surface area contributed by atoms with Gasteiger partial charge in [0.2, 0.25) is 10.0 Å². The molecule has 0 fully saturated rings. The van der Waals surface area contributed by atoms with Crippen molar-refractivity contribution >= 4 is 38.9 Å². The molecule has 3 rings (SSSR count). The molecule has 3 aromatic rings. The average Bonchev–Trinajstić information content (AvgIpc) is 3.21. The van der Waals surface area contributed by atoms with Gasteiger partial charge in [-0.3, -0.25) is 4.79 Å². The summed E-state index contributed by atoms with van der Waals surface area (Å²) in [5, 5.41) is 4.85. The van der Waals surface area contributed by atoms with Crippen molar-refractivity contribution in [1.29, 1.82) is 0 Å². The zero-order valence-electron chi connectivity index (χ0n) is 14.9. The molecule has 0 aliphatic carbocycles. The highest BCUT2D eigenvalue weighted by atomic mass is 35.5. The standard InChI is InChI=1S/C20H19ClN2O3S2/c21-18-9-8-16(20(24)22-11-10-17-7-4-12-27-17)13-19(18)28(25,26)23-14-15-5-2-1-3-6-15/h1-9,12-13,23H,10-11,14H2,(H,22,24). The molecule has 0 saturated carbocycles. The molecule has 5 nitrogen and oxygen atoms in total. The molecule has 0 unspecified atom stereocenters. The van der Waals surface area contributed by atoms with E-state index in [0.717, 1.165) is 12.0 Å². The quantitative estimate of drug-likeness (QED) is 0.565. The Bertz CT molecular complexity index is 1040. The van der Waals surface area contributed by atoms with Gasteiger partial charge in [-0.05, 0) is 41.6 Å². The molecular weight excluding hydrogens is 416 g/mol. The molecule has 0 atom stereocenters. The molecule has 2 aromatic carbocycles. The number of carbonyl (C=O) groups excluding carboxylic acids is 1. The molecule has 0 bridgehead atoms. The van der Waals surface area contributed by atoms with Crippen LogP contribution in [0.4, 0.5) is 0 Å². The average molecular weight is 435 g/mol. The maximum atomic E-state index is 12.6. The number of benzene rings is 2. The van der Waals surface area contributed by atoms with E-state index in [2.05, 4.69) is 10.0 Å². The van der Waals surface area contributed by atoms with Crippen LogP contribution in [0.25, 0.3) is 0 Å². The van der Waals surface area contributed by atoms with Crippen molar-refractivity contribution in [2.24, 2.45) is 0 Å². The van der Waals surface area contributed by atoms with Crippen LogP contribution in [-0.2, 0) is 23.0 Å². The maximum Gasteiger partial charge on any atom is 0.251 e. The Hall–Kier alpha value is -2.19. The summed E-state index contributed by atoms with van der Waals surface area (Å²) in [6.07, 6.45) is 0.723. The molecule has 0 saturated heterocycles. The fraction of sp³-hybridized carbons (Fsp3) is 0.150. The van der Waals surface area contributed by atoms with Gasteiger partial charge in [-0.1, -0.05) is 48.0 Å². The second-order valence-electron chi connectivity index (χ2n) is 6.04. The van der Waals surface area contributed by atoms with E-state index in [0.29, 0.717) is 6.54 Å². The maximum absolute atomic E-state index is 12.6. The van der Waals surface area contributed by atoms with Crippen molar-refractivity contribution in [3.05, 3.63) is 87.1 Å². The molecule has 1 heterocycles. The summed E-state index contributed by atoms with van der Waals surface area (Å²) in [5.41, 5.74) is 1.07. The fourth-order valence-electron chi connectivity index (χ4n) is 2.56. The molecule has 0 spiro atoms. The Morgan fingerprint density at radius 3 is 2.54 bits per heavy atom. The van der Waals surface area contributed by atoms with Crippen LogP contribution in [0, 0.1) is 0 Å². The van der Waals surface area contributed by atoms with Crippen molar-refractivity contribution in [2.75, 3.05) is 6.54 Å². The van der Waals surface area contributed by atoms with E-state index in [9.17, 15) is 13.2 Å². The zero-order chi connectivity index (χ0) is 20.0. The Balaban J connectivity index is 1.68. The lowest BCUT2D eigenvalue weighted by Gasteiger charge is -2.11. The van der Waals surface area contributed by atoms with E-state index in [4.69, 9.17) is 11.6 Å². The highest BCUT2D eigenvalue weighted by molar-refractivity contribution is 7.89. The third-order valence-electron chi connectivity index (χ3n) is 4.03. The highest BCUT2D eigenvalue weighted by Crippen LogP contribution is 2.23. The number of halogens is 1. The van der Waals surface area contributed by atoms with Gasteiger partial charge in [0.1, 0.15) is 4.90 Å². The van der Waals surface area contributed by atoms with E-state index in [-0.39, 0.29) is 27.9 Å². The number of rotatable bonds is 8. The second kappa shape index (κ2) is 9.34. The zero-order valence-corrected chi connectivity index (χ0v) is 17.3. The normalized spacial score (nSPS) is 11.3. The van der Waals surface area contributed by atoms with E-state index in [1.165, 1.54) is 23.1 Å². The van der Waals surface area contributed by atoms with Gasteiger partial charge < -0.3 is 5.32 Å². The van der Waals surface area contributed by atoms with Crippen LogP contribution < -0.4 is 10.0 Å². The summed E-state index contributed by atoms with van der Waals surface area (Å²) in [6.45, 7) is 0.604. The molecule has 1 amide bonds. The van der Waals surface area contributed by atoms with Gasteiger partial charge in [-0.15, -0.1) is 11.3 Å². The smallest absolute Gasteiger partial charge is 0.251 e. The summed E-state index contributed by atoms with van der Waals surface area (Å²) in [7, 11) is -3.86. The van der Waals surface area contributed by atoms with Gasteiger partial charge in [0.05, 0.1) is 5.02 Å². The van der Waals surface area contributed by atoms with Crippen molar-refractivity contribution in [1.82, 2.24) is 10.0 Å². The van der Waals surface area contributed by atoms with E-state index in [1.54, 1.807) is 11.3 Å². The number of hydrogen-bond donors (Lipinski definition) is 2. The van der Waals surface area contributed by atoms with E-state index >= 15 is 0 Å². The second-order valence-corrected chi connectivity index (χ2v) is 9.22. The van der Waals surface area contributed by atoms with E-state index < -0.39 is 10.0 Å². The summed E-state index contributed by atoms with van der Waals surface area (Å²) < 4.78 is 27.8. The van der Waals surface area contributed by atoms with Crippen LogP contribution in [-0.4, -0.2) is 20.9 Å². The SMILES string of the molecule is O=C(NCCc1cccs1)c1ccc(Cl)c(S(=O)(=O)NCc2ccccc2)c1. The minimum atomic E-state index is -3.86. The van der Waals surface area contributed by atoms with Gasteiger partial charge in [-0.25, -0.2) is 13.1 Å². The predicted molar refractivity (Wildman–Crippen MR) is 112 cm³/mol. The topological polar surface area (TPSA) is 75.3 Å². The molecule has 28 heavy (non-hydrogen) atoms. The lowest BCUT2D eigenvalue weighted by atomic mass is 10.2. The van der Waals surface area contributed by atoms with Crippen LogP contribution in [0.15, 0.2) is 70.9 Å². The van der Waals surface area contributed by atoms with Crippen LogP contribution in [0.1, 0.15) is 20.8 Å². The van der Waals surface area contributed by atoms with E-state index in [1.807, 2.05) is 47.8 Å². The molecule has 146 valence electrons. The number of hydrogen-bond acceptors (Lipinski definition) is 4. The van der Waals surface area contributed by atoms with Gasteiger partial charge in [0.15, 0.2) is 0 Å². The Morgan fingerprint density at radius 1 is 1.04 bits per heavy atom. The first-order valence-corrected chi connectivity index (χ1v) is 11.3. The number of sulfonamides is 1. The summed E-state index contributed by atoms with van der Waals surface area (Å²) >= 11 is 7.72. The van der Waals surface area contributed by atoms with Crippen molar-refractivity contribution in [3.63, 3.8) is 0 Å². The van der Waals surface area contributed by atoms with Crippen LogP contribution >= 0.6 is 22.9 Å². The molecule has 0 aliphatic heterocycles. The summed E-state index contributed by atoms with van der Waals surface area (Å²) in [5.74, 6) is -0.340. The molecule has 8 heteroatoms. The fourth-order valence-corrected chi connectivity index (χ4v) is 4.81. The largest absolute Gasteiger partial charge is 0.352 e. The highest BCUT2D eigenvalue weighted by Gasteiger charge is 2.20. The summed E-state index contributed by atoms with van der Waals surface area (Å²) in [6, 6.07) is 17.4. The Kier molecular flexibility index (Phi) is 6.85. The lowest BCUT2D eigenvalue weighted by Crippen LogP contribution is -2.27. The number of carbonyl (C=O) groups is 1. The van der Waals surface area contributed by atoms with Gasteiger partial charge >= 0.3 is 0 Å². The van der Waals surface area contributed by atoms with Gasteiger partial charge in [-0.2, -0.15) is 0 Å².